The van der Waals surface area contributed by atoms with Crippen molar-refractivity contribution in [2.75, 3.05) is 14.1 Å². The zero-order valence-corrected chi connectivity index (χ0v) is 20.7. The van der Waals surface area contributed by atoms with Crippen molar-refractivity contribution in [1.29, 1.82) is 5.41 Å². The minimum Gasteiger partial charge on any atom is -0.478 e. The summed E-state index contributed by atoms with van der Waals surface area (Å²) in [5, 5.41) is 15.1. The second kappa shape index (κ2) is 25.2. The van der Waals surface area contributed by atoms with Gasteiger partial charge < -0.3 is 21.5 Å². The van der Waals surface area contributed by atoms with E-state index < -0.39 is 5.97 Å². The lowest BCUT2D eigenvalue weighted by molar-refractivity contribution is -0.131. The van der Waals surface area contributed by atoms with Gasteiger partial charge in [-0.1, -0.05) is 113 Å². The molecule has 186 valence electrons. The minimum atomic E-state index is -0.930. The Morgan fingerprint density at radius 1 is 0.818 bits per heavy atom. The molecule has 0 aromatic heterocycles. The van der Waals surface area contributed by atoms with Gasteiger partial charge in [0, 0.05) is 20.2 Å². The van der Waals surface area contributed by atoms with Gasteiger partial charge in [0.2, 0.25) is 5.96 Å². The first kappa shape index (κ1) is 32.1. The number of nitrogens with one attached hydrogen (secondary N) is 1. The third-order valence-electron chi connectivity index (χ3n) is 4.32. The van der Waals surface area contributed by atoms with E-state index in [9.17, 15) is 4.79 Å². The molecule has 0 saturated heterocycles. The first-order valence-electron chi connectivity index (χ1n) is 11.7. The zero-order chi connectivity index (χ0) is 25.2. The third-order valence-corrected chi connectivity index (χ3v) is 4.32. The van der Waals surface area contributed by atoms with E-state index in [1.54, 1.807) is 31.1 Å². The van der Waals surface area contributed by atoms with Gasteiger partial charge in [-0.3, -0.25) is 5.41 Å². The summed E-state index contributed by atoms with van der Waals surface area (Å²) in [5.74, 6) is -0.968. The zero-order valence-electron chi connectivity index (χ0n) is 20.7. The van der Waals surface area contributed by atoms with Crippen LogP contribution < -0.4 is 11.5 Å². The molecule has 0 rings (SSSR count). The number of hydrogen-bond acceptors (Lipinski definition) is 2. The van der Waals surface area contributed by atoms with Crippen molar-refractivity contribution in [3.63, 3.8) is 0 Å². The normalized spacial score (nSPS) is 12.3. The summed E-state index contributed by atoms with van der Waals surface area (Å²) >= 11 is 0. The Kier molecular flexibility index (Phi) is 24.5. The van der Waals surface area contributed by atoms with Crippen LogP contribution in [0, 0.1) is 5.41 Å². The van der Waals surface area contributed by atoms with Crippen LogP contribution in [0.15, 0.2) is 65.8 Å². The van der Waals surface area contributed by atoms with Crippen molar-refractivity contribution in [1.82, 2.24) is 4.90 Å². The van der Waals surface area contributed by atoms with Crippen molar-refractivity contribution in [3.8, 4) is 0 Å². The number of hydrogen-bond donors (Lipinski definition) is 4. The van der Waals surface area contributed by atoms with E-state index in [-0.39, 0.29) is 11.9 Å². The van der Waals surface area contributed by atoms with Crippen LogP contribution in [0.5, 0.6) is 0 Å². The van der Waals surface area contributed by atoms with Gasteiger partial charge in [-0.2, -0.15) is 4.99 Å². The van der Waals surface area contributed by atoms with Crippen LogP contribution in [-0.4, -0.2) is 42.0 Å². The molecule has 7 heteroatoms. The molecule has 0 radical (unpaired) electrons. The molecule has 0 amide bonds. The second-order valence-corrected chi connectivity index (χ2v) is 7.65. The number of carbonyl (C=O) groups is 1. The average Bonchev–Trinajstić information content (AvgIpc) is 2.75. The molecule has 33 heavy (non-hydrogen) atoms. The molecule has 7 nitrogen and oxygen atoms in total. The fraction of sp³-hybridized carbons (Fsp3) is 0.500. The van der Waals surface area contributed by atoms with Gasteiger partial charge in [-0.15, -0.1) is 0 Å². The maximum atomic E-state index is 10.2. The van der Waals surface area contributed by atoms with Crippen LogP contribution in [0.3, 0.4) is 0 Å². The highest BCUT2D eigenvalue weighted by molar-refractivity contribution is 5.91. The maximum Gasteiger partial charge on any atom is 0.328 e. The Balaban J connectivity index is 0. The highest BCUT2D eigenvalue weighted by Gasteiger charge is 1.92. The molecule has 6 N–H and O–H groups in total. The molecule has 0 heterocycles. The van der Waals surface area contributed by atoms with Gasteiger partial charge in [-0.05, 0) is 12.8 Å². The predicted octanol–water partition coefficient (Wildman–Crippen LogP) is 5.53. The van der Waals surface area contributed by atoms with Crippen molar-refractivity contribution in [2.45, 2.75) is 71.1 Å². The average molecular weight is 460 g/mol. The Labute approximate surface area is 200 Å². The van der Waals surface area contributed by atoms with Gasteiger partial charge in [0.25, 0.3) is 0 Å². The van der Waals surface area contributed by atoms with Gasteiger partial charge in [0.1, 0.15) is 0 Å². The first-order valence-corrected chi connectivity index (χ1v) is 11.7. The van der Waals surface area contributed by atoms with E-state index >= 15 is 0 Å². The van der Waals surface area contributed by atoms with E-state index in [0.29, 0.717) is 0 Å². The number of aliphatic imine (C=N–C) groups is 1. The molecule has 0 aromatic rings. The standard InChI is InChI=1S/C22H34O2.C4H11N5/c1-2-3-4-5-6-7-8-9-10-11-12-13-14-15-16-17-18-19-20-21-22(23)24;1-9(2)4(7)8-3(5)6/h12-21H,2-11H2,1H3,(H,23,24);1-2H3,(H5,5,6,7,8)/b13-12+,15-14+,17-16+,19-18+,21-20+;. The topological polar surface area (TPSA) is 129 Å². The molecule has 0 spiro atoms. The van der Waals surface area contributed by atoms with E-state index in [1.165, 1.54) is 63.9 Å². The Morgan fingerprint density at radius 3 is 1.70 bits per heavy atom. The number of carboxylic acid groups (broad SMARTS) is 1. The summed E-state index contributed by atoms with van der Waals surface area (Å²) in [5.41, 5.74) is 10.2. The molecule has 0 aliphatic rings. The van der Waals surface area contributed by atoms with Crippen molar-refractivity contribution in [3.05, 3.63) is 60.8 Å². The first-order chi connectivity index (χ1) is 15.8. The van der Waals surface area contributed by atoms with Crippen LogP contribution in [-0.2, 0) is 4.79 Å². The third kappa shape index (κ3) is 31.2. The fourth-order valence-corrected chi connectivity index (χ4v) is 2.49. The number of carboxylic acids is 1. The molecule has 0 aliphatic heterocycles. The second-order valence-electron chi connectivity index (χ2n) is 7.65. The molecule has 0 aliphatic carbocycles. The number of rotatable bonds is 15. The molecular weight excluding hydrogens is 414 g/mol. The maximum absolute atomic E-state index is 10.2. The monoisotopic (exact) mass is 459 g/mol. The highest BCUT2D eigenvalue weighted by Crippen LogP contribution is 2.10. The summed E-state index contributed by atoms with van der Waals surface area (Å²) in [7, 11) is 3.45. The number of nitrogens with zero attached hydrogens (tertiary/aromatic N) is 2. The molecule has 0 atom stereocenters. The molecule has 0 saturated carbocycles. The molecule has 0 fully saturated rings. The number of guanidine groups is 2. The molecular formula is C26H45N5O2. The fourth-order valence-electron chi connectivity index (χ4n) is 2.49. The van der Waals surface area contributed by atoms with Gasteiger partial charge >= 0.3 is 5.97 Å². The van der Waals surface area contributed by atoms with Crippen molar-refractivity contribution in [2.24, 2.45) is 16.5 Å². The van der Waals surface area contributed by atoms with E-state index in [2.05, 4.69) is 24.1 Å². The number of unbranched alkanes of at least 4 members (excludes halogenated alkanes) is 9. The lowest BCUT2D eigenvalue weighted by atomic mass is 10.1. The van der Waals surface area contributed by atoms with E-state index in [1.807, 2.05) is 24.3 Å². The summed E-state index contributed by atoms with van der Waals surface area (Å²) < 4.78 is 0. The van der Waals surface area contributed by atoms with Crippen LogP contribution in [0.1, 0.15) is 71.1 Å². The summed E-state index contributed by atoms with van der Waals surface area (Å²) in [4.78, 5) is 15.3. The van der Waals surface area contributed by atoms with Crippen LogP contribution >= 0.6 is 0 Å². The van der Waals surface area contributed by atoms with Gasteiger partial charge in [-0.25, -0.2) is 4.79 Å². The quantitative estimate of drug-likeness (QED) is 0.0841. The van der Waals surface area contributed by atoms with Crippen molar-refractivity contribution >= 4 is 17.9 Å². The largest absolute Gasteiger partial charge is 0.478 e. The number of allylic oxidation sites excluding steroid dienone is 9. The minimum absolute atomic E-state index is 0.238. The van der Waals surface area contributed by atoms with Gasteiger partial charge in [0.15, 0.2) is 5.96 Å². The Bertz CT molecular complexity index is 674. The van der Waals surface area contributed by atoms with Crippen molar-refractivity contribution < 1.29 is 9.90 Å². The highest BCUT2D eigenvalue weighted by atomic mass is 16.4. The lowest BCUT2D eigenvalue weighted by Crippen LogP contribution is -2.32. The summed E-state index contributed by atoms with van der Waals surface area (Å²) in [6.45, 7) is 2.26. The molecule has 0 aromatic carbocycles. The van der Waals surface area contributed by atoms with Gasteiger partial charge in [0.05, 0.1) is 0 Å². The number of aliphatic carboxylic acids is 1. The van der Waals surface area contributed by atoms with Crippen LogP contribution in [0.25, 0.3) is 0 Å². The summed E-state index contributed by atoms with van der Waals surface area (Å²) in [6.07, 6.45) is 31.7. The SMILES string of the molecule is CCCCCCCCCCC/C=C/C=C/C=C/C=C/C=C/C(=O)O.CN(C)C(N)=NC(=N)N. The predicted molar refractivity (Wildman–Crippen MR) is 142 cm³/mol. The Morgan fingerprint density at radius 2 is 1.27 bits per heavy atom. The smallest absolute Gasteiger partial charge is 0.328 e. The molecule has 0 bridgehead atoms. The molecule has 0 unspecified atom stereocenters. The van der Waals surface area contributed by atoms with Crippen LogP contribution in [0.4, 0.5) is 0 Å². The Hall–Kier alpha value is -3.09. The number of nitrogens with two attached hydrogens (primary N) is 2. The van der Waals surface area contributed by atoms with E-state index in [4.69, 9.17) is 22.0 Å². The van der Waals surface area contributed by atoms with Crippen LogP contribution in [0.2, 0.25) is 0 Å². The van der Waals surface area contributed by atoms with E-state index in [0.717, 1.165) is 12.5 Å². The lowest BCUT2D eigenvalue weighted by Gasteiger charge is -2.08. The summed E-state index contributed by atoms with van der Waals surface area (Å²) in [6, 6.07) is 0.